The van der Waals surface area contributed by atoms with Crippen LogP contribution < -0.4 is 10.3 Å². The number of hydrogen-bond acceptors (Lipinski definition) is 2. The number of hydrogen-bond donors (Lipinski definition) is 1. The van der Waals surface area contributed by atoms with E-state index in [1.54, 1.807) is 0 Å². The average molecular weight is 243 g/mol. The summed E-state index contributed by atoms with van der Waals surface area (Å²) in [6, 6.07) is 0. The van der Waals surface area contributed by atoms with Crippen LogP contribution in [0.2, 0.25) is 0 Å². The smallest absolute Gasteiger partial charge is 0.405 e. The summed E-state index contributed by atoms with van der Waals surface area (Å²) in [5, 5.41) is 0. The van der Waals surface area contributed by atoms with Crippen LogP contribution in [0.4, 0.5) is 22.0 Å². The lowest BCUT2D eigenvalue weighted by atomic mass is 10.2. The van der Waals surface area contributed by atoms with Crippen LogP contribution in [0.15, 0.2) is 11.0 Å². The molecule has 0 aliphatic carbocycles. The Hall–Kier alpha value is -1.60. The number of aromatic nitrogens is 1. The summed E-state index contributed by atoms with van der Waals surface area (Å²) in [6.45, 7) is 0.964. The molecule has 0 saturated carbocycles. The Morgan fingerprint density at radius 2 is 1.94 bits per heavy atom. The van der Waals surface area contributed by atoms with Gasteiger partial charge in [0.05, 0.1) is 11.1 Å². The summed E-state index contributed by atoms with van der Waals surface area (Å²) >= 11 is 0. The first-order valence-corrected chi connectivity index (χ1v) is 3.98. The third-order valence-corrected chi connectivity index (χ3v) is 1.76. The fourth-order valence-electron chi connectivity index (χ4n) is 1.05. The van der Waals surface area contributed by atoms with E-state index in [2.05, 4.69) is 4.74 Å². The predicted octanol–water partition coefficient (Wildman–Crippen LogP) is 2.52. The number of nitrogens with one attached hydrogen (secondary N) is 1. The third-order valence-electron chi connectivity index (χ3n) is 1.76. The molecule has 3 nitrogen and oxygen atoms in total. The number of ether oxygens (including phenoxy) is 1. The van der Waals surface area contributed by atoms with Crippen LogP contribution in [-0.2, 0) is 0 Å². The van der Waals surface area contributed by atoms with E-state index in [1.165, 1.54) is 0 Å². The van der Waals surface area contributed by atoms with Crippen molar-refractivity contribution in [1.82, 2.24) is 4.98 Å². The molecule has 0 spiro atoms. The molecule has 0 bridgehead atoms. The maximum Gasteiger partial charge on any atom is 0.573 e. The molecule has 0 aliphatic rings. The normalized spacial score (nSPS) is 11.9. The summed E-state index contributed by atoms with van der Waals surface area (Å²) in [7, 11) is 0. The van der Waals surface area contributed by atoms with Crippen molar-refractivity contribution >= 4 is 0 Å². The number of rotatable bonds is 2. The lowest BCUT2D eigenvalue weighted by molar-refractivity contribution is -0.275. The lowest BCUT2D eigenvalue weighted by Crippen LogP contribution is -2.22. The van der Waals surface area contributed by atoms with E-state index in [1.807, 2.05) is 4.98 Å². The Kier molecular flexibility index (Phi) is 3.20. The van der Waals surface area contributed by atoms with Gasteiger partial charge < -0.3 is 9.72 Å². The van der Waals surface area contributed by atoms with Gasteiger partial charge >= 0.3 is 6.36 Å². The van der Waals surface area contributed by atoms with Gasteiger partial charge in [-0.2, -0.15) is 0 Å². The Morgan fingerprint density at radius 1 is 1.38 bits per heavy atom. The van der Waals surface area contributed by atoms with Crippen LogP contribution in [-0.4, -0.2) is 11.3 Å². The van der Waals surface area contributed by atoms with Gasteiger partial charge in [-0.05, 0) is 6.92 Å². The molecule has 0 unspecified atom stereocenters. The molecule has 1 aromatic heterocycles. The van der Waals surface area contributed by atoms with Gasteiger partial charge in [0.1, 0.15) is 5.75 Å². The van der Waals surface area contributed by atoms with Crippen molar-refractivity contribution in [3.05, 3.63) is 27.7 Å². The highest BCUT2D eigenvalue weighted by molar-refractivity contribution is 5.38. The molecule has 1 rings (SSSR count). The first kappa shape index (κ1) is 12.5. The first-order valence-electron chi connectivity index (χ1n) is 3.98. The van der Waals surface area contributed by atoms with Crippen molar-refractivity contribution in [3.8, 4) is 5.75 Å². The van der Waals surface area contributed by atoms with Gasteiger partial charge in [-0.25, -0.2) is 8.78 Å². The quantitative estimate of drug-likeness (QED) is 0.811. The van der Waals surface area contributed by atoms with E-state index in [-0.39, 0.29) is 0 Å². The van der Waals surface area contributed by atoms with Crippen molar-refractivity contribution < 1.29 is 26.7 Å². The number of aromatic amines is 1. The zero-order chi connectivity index (χ0) is 12.5. The number of alkyl halides is 5. The highest BCUT2D eigenvalue weighted by atomic mass is 19.4. The summed E-state index contributed by atoms with van der Waals surface area (Å²) in [5.74, 6) is -1.15. The van der Waals surface area contributed by atoms with E-state index < -0.39 is 35.2 Å². The van der Waals surface area contributed by atoms with E-state index in [4.69, 9.17) is 0 Å². The first-order chi connectivity index (χ1) is 7.22. The molecule has 0 fully saturated rings. The van der Waals surface area contributed by atoms with Crippen LogP contribution in [0.1, 0.15) is 17.6 Å². The lowest BCUT2D eigenvalue weighted by Gasteiger charge is -2.14. The second-order valence-corrected chi connectivity index (χ2v) is 2.88. The van der Waals surface area contributed by atoms with Gasteiger partial charge in [-0.1, -0.05) is 0 Å². The van der Waals surface area contributed by atoms with Crippen molar-refractivity contribution in [2.24, 2.45) is 0 Å². The highest BCUT2D eigenvalue weighted by Crippen LogP contribution is 2.33. The molecule has 0 amide bonds. The molecular formula is C8H6F5NO2. The Labute approximate surface area is 85.8 Å². The molecule has 0 radical (unpaired) electrons. The number of H-pyrrole nitrogens is 1. The minimum Gasteiger partial charge on any atom is -0.405 e. The topological polar surface area (TPSA) is 42.1 Å². The molecule has 0 saturated heterocycles. The second-order valence-electron chi connectivity index (χ2n) is 2.88. The summed E-state index contributed by atoms with van der Waals surface area (Å²) in [6.07, 6.45) is -7.80. The Morgan fingerprint density at radius 3 is 2.38 bits per heavy atom. The standard InChI is InChI=1S/C8H6F5NO2/c1-3-5(16-8(11,12)13)4(6(9)10)2-14-7(3)15/h2,6H,1H3,(H,14,15). The molecule has 0 atom stereocenters. The van der Waals surface area contributed by atoms with Crippen LogP contribution in [0.25, 0.3) is 0 Å². The monoisotopic (exact) mass is 243 g/mol. The van der Waals surface area contributed by atoms with Gasteiger partial charge in [0.25, 0.3) is 12.0 Å². The van der Waals surface area contributed by atoms with Crippen LogP contribution in [0.5, 0.6) is 5.75 Å². The maximum atomic E-state index is 12.3. The molecule has 16 heavy (non-hydrogen) atoms. The van der Waals surface area contributed by atoms with Crippen molar-refractivity contribution in [3.63, 3.8) is 0 Å². The summed E-state index contributed by atoms with van der Waals surface area (Å²) in [5.41, 5.74) is -2.46. The Bertz CT molecular complexity index is 437. The van der Waals surface area contributed by atoms with Crippen molar-refractivity contribution in [1.29, 1.82) is 0 Å². The summed E-state index contributed by atoms with van der Waals surface area (Å²) in [4.78, 5) is 12.8. The van der Waals surface area contributed by atoms with Crippen molar-refractivity contribution in [2.45, 2.75) is 19.7 Å². The summed E-state index contributed by atoms with van der Waals surface area (Å²) < 4.78 is 63.8. The Balaban J connectivity index is 3.32. The predicted molar refractivity (Wildman–Crippen MR) is 43.4 cm³/mol. The zero-order valence-corrected chi connectivity index (χ0v) is 7.86. The fourth-order valence-corrected chi connectivity index (χ4v) is 1.05. The molecule has 1 aromatic rings. The highest BCUT2D eigenvalue weighted by Gasteiger charge is 2.34. The van der Waals surface area contributed by atoms with Gasteiger partial charge in [-0.15, -0.1) is 13.2 Å². The van der Waals surface area contributed by atoms with E-state index in [0.29, 0.717) is 6.20 Å². The fraction of sp³-hybridized carbons (Fsp3) is 0.375. The number of pyridine rings is 1. The van der Waals surface area contributed by atoms with E-state index >= 15 is 0 Å². The van der Waals surface area contributed by atoms with Crippen molar-refractivity contribution in [2.75, 3.05) is 0 Å². The second kappa shape index (κ2) is 4.11. The van der Waals surface area contributed by atoms with E-state index in [0.717, 1.165) is 6.92 Å². The molecule has 0 aliphatic heterocycles. The van der Waals surface area contributed by atoms with Gasteiger partial charge in [0, 0.05) is 6.20 Å². The third kappa shape index (κ3) is 2.71. The van der Waals surface area contributed by atoms with Gasteiger partial charge in [0.15, 0.2) is 0 Å². The largest absolute Gasteiger partial charge is 0.573 e. The SMILES string of the molecule is Cc1c(OC(F)(F)F)c(C(F)F)c[nH]c1=O. The van der Waals surface area contributed by atoms with Crippen LogP contribution >= 0.6 is 0 Å². The maximum absolute atomic E-state index is 12.3. The van der Waals surface area contributed by atoms with Gasteiger partial charge in [0.2, 0.25) is 0 Å². The molecule has 8 heteroatoms. The van der Waals surface area contributed by atoms with Gasteiger partial charge in [-0.3, -0.25) is 4.79 Å². The minimum atomic E-state index is -5.12. The van der Waals surface area contributed by atoms with E-state index in [9.17, 15) is 26.7 Å². The van der Waals surface area contributed by atoms with Crippen LogP contribution in [0.3, 0.4) is 0 Å². The molecule has 0 aromatic carbocycles. The molecule has 1 heterocycles. The molecule has 1 N–H and O–H groups in total. The minimum absolute atomic E-state index is 0.501. The average Bonchev–Trinajstić information content (AvgIpc) is 2.10. The number of halogens is 5. The molecular weight excluding hydrogens is 237 g/mol. The molecule has 90 valence electrons. The zero-order valence-electron chi connectivity index (χ0n) is 7.86. The van der Waals surface area contributed by atoms with Crippen LogP contribution in [0, 0.1) is 6.92 Å².